The predicted molar refractivity (Wildman–Crippen MR) is 138 cm³/mol. The van der Waals surface area contributed by atoms with Crippen LogP contribution in [0.15, 0.2) is 42.7 Å². The van der Waals surface area contributed by atoms with Gasteiger partial charge in [0.1, 0.15) is 11.5 Å². The van der Waals surface area contributed by atoms with Crippen LogP contribution in [0, 0.1) is 5.82 Å². The van der Waals surface area contributed by atoms with Crippen molar-refractivity contribution in [3.63, 3.8) is 0 Å². The minimum atomic E-state index is -0.534. The van der Waals surface area contributed by atoms with Gasteiger partial charge in [0.25, 0.3) is 11.8 Å². The Balaban J connectivity index is 1.44. The second-order valence-corrected chi connectivity index (χ2v) is 9.49. The topological polar surface area (TPSA) is 97.4 Å². The Bertz CT molecular complexity index is 1470. The van der Waals surface area contributed by atoms with Crippen molar-refractivity contribution >= 4 is 23.1 Å². The fourth-order valence-electron chi connectivity index (χ4n) is 4.83. The molecule has 0 aliphatic carbocycles. The third-order valence-electron chi connectivity index (χ3n) is 6.92. The molecular weight excluding hydrogens is 473 g/mol. The van der Waals surface area contributed by atoms with E-state index in [2.05, 4.69) is 27.3 Å². The van der Waals surface area contributed by atoms with Crippen molar-refractivity contribution in [3.05, 3.63) is 65.8 Å². The van der Waals surface area contributed by atoms with Gasteiger partial charge in [0.2, 0.25) is 0 Å². The van der Waals surface area contributed by atoms with Gasteiger partial charge in [-0.2, -0.15) is 5.10 Å². The van der Waals surface area contributed by atoms with Crippen molar-refractivity contribution in [2.24, 2.45) is 7.05 Å². The fraction of sp³-hybridized carbons (Fsp3) is 0.370. The van der Waals surface area contributed by atoms with Crippen molar-refractivity contribution in [3.8, 4) is 11.3 Å². The van der Waals surface area contributed by atoms with Crippen molar-refractivity contribution in [1.82, 2.24) is 29.0 Å². The van der Waals surface area contributed by atoms with Gasteiger partial charge < -0.3 is 14.8 Å². The summed E-state index contributed by atoms with van der Waals surface area (Å²) in [6, 6.07) is 8.09. The van der Waals surface area contributed by atoms with E-state index >= 15 is 4.39 Å². The van der Waals surface area contributed by atoms with Gasteiger partial charge in [-0.3, -0.25) is 9.59 Å². The molecule has 1 fully saturated rings. The number of rotatable bonds is 5. The average Bonchev–Trinajstić information content (AvgIpc) is 3.44. The molecule has 1 saturated heterocycles. The van der Waals surface area contributed by atoms with Gasteiger partial charge in [0.05, 0.1) is 5.69 Å². The molecule has 4 aromatic rings. The third kappa shape index (κ3) is 4.83. The van der Waals surface area contributed by atoms with Crippen molar-refractivity contribution in [2.75, 3.05) is 11.9 Å². The number of likely N-dealkylation sites (tertiary alicyclic amines) is 1. The Kier molecular flexibility index (Phi) is 6.73. The molecule has 5 rings (SSSR count). The zero-order valence-corrected chi connectivity index (χ0v) is 21.2. The van der Waals surface area contributed by atoms with E-state index < -0.39 is 11.7 Å². The van der Waals surface area contributed by atoms with Crippen molar-refractivity contribution in [1.29, 1.82) is 0 Å². The smallest absolute Gasteiger partial charge is 0.291 e. The van der Waals surface area contributed by atoms with Gasteiger partial charge in [-0.15, -0.1) is 0 Å². The van der Waals surface area contributed by atoms with E-state index in [1.807, 2.05) is 11.8 Å². The van der Waals surface area contributed by atoms with Crippen LogP contribution in [-0.2, 0) is 13.5 Å². The largest absolute Gasteiger partial charge is 0.335 e. The number of amides is 2. The number of aromatic nitrogens is 5. The number of fused-ring (bicyclic) bond motifs is 1. The molecule has 1 aliphatic heterocycles. The van der Waals surface area contributed by atoms with E-state index in [0.29, 0.717) is 29.1 Å². The molecule has 0 bridgehead atoms. The maximum absolute atomic E-state index is 15.1. The number of hydrogen-bond donors (Lipinski definition) is 1. The molecule has 1 unspecified atom stereocenters. The molecule has 10 heteroatoms. The van der Waals surface area contributed by atoms with Crippen LogP contribution in [0.4, 0.5) is 10.1 Å². The number of nitrogens with zero attached hydrogens (tertiary/aromatic N) is 6. The first kappa shape index (κ1) is 24.6. The number of hydrogen-bond acceptors (Lipinski definition) is 5. The molecule has 4 heterocycles. The normalized spacial score (nSPS) is 16.1. The summed E-state index contributed by atoms with van der Waals surface area (Å²) in [6.07, 6.45) is 8.05. The number of carbonyl (C=O) groups excluding carboxylic acids is 2. The molecular formula is C27H30FN7O2. The molecule has 0 radical (unpaired) electrons. The molecule has 192 valence electrons. The Morgan fingerprint density at radius 1 is 1.16 bits per heavy atom. The van der Waals surface area contributed by atoms with E-state index in [1.165, 1.54) is 12.3 Å². The molecule has 1 aliphatic rings. The number of anilines is 1. The Morgan fingerprint density at radius 2 is 2.00 bits per heavy atom. The second-order valence-electron chi connectivity index (χ2n) is 9.49. The Hall–Kier alpha value is -4.08. The van der Waals surface area contributed by atoms with Crippen LogP contribution in [0.5, 0.6) is 0 Å². The molecule has 0 spiro atoms. The first-order chi connectivity index (χ1) is 17.9. The standard InChI is InChI=1S/C27H30FN7O2/c1-4-19-15-23(27(37)34-12-7-5-6-8-17(34)2)31-24-16-22(32-35(19)24)20-10-9-18(14-21(20)28)30-26(36)25-29-11-13-33(25)3/h9-11,13-17H,4-8,12H2,1-3H3,(H,30,36). The summed E-state index contributed by atoms with van der Waals surface area (Å²) < 4.78 is 18.4. The van der Waals surface area contributed by atoms with E-state index in [4.69, 9.17) is 0 Å². The molecule has 9 nitrogen and oxygen atoms in total. The monoisotopic (exact) mass is 503 g/mol. The summed E-state index contributed by atoms with van der Waals surface area (Å²) in [5.74, 6) is -0.815. The summed E-state index contributed by atoms with van der Waals surface area (Å²) in [4.78, 5) is 36.3. The number of benzene rings is 1. The SMILES string of the molecule is CCc1cc(C(=O)N2CCCCCC2C)nc2cc(-c3ccc(NC(=O)c4nccn4C)cc3F)nn12. The number of nitrogens with one attached hydrogen (secondary N) is 1. The molecule has 2 amide bonds. The summed E-state index contributed by atoms with van der Waals surface area (Å²) >= 11 is 0. The number of aryl methyl sites for hydroxylation is 2. The predicted octanol–water partition coefficient (Wildman–Crippen LogP) is 4.49. The summed E-state index contributed by atoms with van der Waals surface area (Å²) in [5.41, 5.74) is 2.68. The average molecular weight is 504 g/mol. The first-order valence-electron chi connectivity index (χ1n) is 12.6. The summed E-state index contributed by atoms with van der Waals surface area (Å²) in [6.45, 7) is 4.80. The second kappa shape index (κ2) is 10.1. The van der Waals surface area contributed by atoms with E-state index in [0.717, 1.165) is 37.9 Å². The van der Waals surface area contributed by atoms with Gasteiger partial charge in [-0.05, 0) is 50.5 Å². The molecule has 1 aromatic carbocycles. The van der Waals surface area contributed by atoms with Crippen LogP contribution < -0.4 is 5.32 Å². The highest BCUT2D eigenvalue weighted by molar-refractivity contribution is 6.01. The van der Waals surface area contributed by atoms with Crippen LogP contribution >= 0.6 is 0 Å². The Labute approximate surface area is 214 Å². The lowest BCUT2D eigenvalue weighted by Gasteiger charge is -2.27. The molecule has 1 atom stereocenters. The van der Waals surface area contributed by atoms with Crippen molar-refractivity contribution < 1.29 is 14.0 Å². The lowest BCUT2D eigenvalue weighted by atomic mass is 10.1. The van der Waals surface area contributed by atoms with Crippen LogP contribution in [0.3, 0.4) is 0 Å². The first-order valence-corrected chi connectivity index (χ1v) is 12.6. The quantitative estimate of drug-likeness (QED) is 0.433. The van der Waals surface area contributed by atoms with Gasteiger partial charge in [0.15, 0.2) is 11.5 Å². The lowest BCUT2D eigenvalue weighted by molar-refractivity contribution is 0.0691. The van der Waals surface area contributed by atoms with Gasteiger partial charge >= 0.3 is 0 Å². The minimum absolute atomic E-state index is 0.0756. The van der Waals surface area contributed by atoms with Crippen LogP contribution in [0.25, 0.3) is 16.9 Å². The summed E-state index contributed by atoms with van der Waals surface area (Å²) in [7, 11) is 1.71. The van der Waals surface area contributed by atoms with E-state index in [-0.39, 0.29) is 23.3 Å². The highest BCUT2D eigenvalue weighted by Gasteiger charge is 2.25. The van der Waals surface area contributed by atoms with Gasteiger partial charge in [-0.25, -0.2) is 18.9 Å². The van der Waals surface area contributed by atoms with Crippen molar-refractivity contribution in [2.45, 2.75) is 52.0 Å². The number of halogens is 1. The van der Waals surface area contributed by atoms with E-state index in [1.54, 1.807) is 46.6 Å². The minimum Gasteiger partial charge on any atom is -0.335 e. The maximum Gasteiger partial charge on any atom is 0.291 e. The third-order valence-corrected chi connectivity index (χ3v) is 6.92. The lowest BCUT2D eigenvalue weighted by Crippen LogP contribution is -2.38. The molecule has 3 aromatic heterocycles. The van der Waals surface area contributed by atoms with Gasteiger partial charge in [-0.1, -0.05) is 19.8 Å². The molecule has 37 heavy (non-hydrogen) atoms. The van der Waals surface area contributed by atoms with Crippen LogP contribution in [0.1, 0.15) is 66.3 Å². The highest BCUT2D eigenvalue weighted by atomic mass is 19.1. The van der Waals surface area contributed by atoms with E-state index in [9.17, 15) is 9.59 Å². The zero-order chi connectivity index (χ0) is 26.1. The van der Waals surface area contributed by atoms with Gasteiger partial charge in [0, 0.05) is 55.0 Å². The fourth-order valence-corrected chi connectivity index (χ4v) is 4.83. The number of imidazole rings is 1. The molecule has 0 saturated carbocycles. The number of carbonyl (C=O) groups is 2. The van der Waals surface area contributed by atoms with Crippen LogP contribution in [0.2, 0.25) is 0 Å². The van der Waals surface area contributed by atoms with Crippen LogP contribution in [-0.4, -0.2) is 53.5 Å². The highest BCUT2D eigenvalue weighted by Crippen LogP contribution is 2.27. The zero-order valence-electron chi connectivity index (χ0n) is 21.2. The maximum atomic E-state index is 15.1. The Morgan fingerprint density at radius 3 is 2.73 bits per heavy atom. The molecule has 1 N–H and O–H groups in total. The summed E-state index contributed by atoms with van der Waals surface area (Å²) in [5, 5.41) is 7.26.